The quantitative estimate of drug-likeness (QED) is 0.799. The van der Waals surface area contributed by atoms with Gasteiger partial charge in [-0.3, -0.25) is 4.79 Å². The van der Waals surface area contributed by atoms with Crippen molar-refractivity contribution in [1.29, 1.82) is 5.26 Å². The minimum absolute atomic E-state index is 0.00818. The molecule has 1 aromatic rings. The van der Waals surface area contributed by atoms with Gasteiger partial charge in [-0.2, -0.15) is 5.26 Å². The molecule has 5 heteroatoms. The predicted octanol–water partition coefficient (Wildman–Crippen LogP) is 1.20. The summed E-state index contributed by atoms with van der Waals surface area (Å²) >= 11 is 0. The molecule has 0 spiro atoms. The van der Waals surface area contributed by atoms with E-state index >= 15 is 0 Å². The predicted molar refractivity (Wildman–Crippen MR) is 65.5 cm³/mol. The molecule has 0 saturated heterocycles. The van der Waals surface area contributed by atoms with Crippen LogP contribution in [0.4, 0.5) is 5.82 Å². The van der Waals surface area contributed by atoms with Crippen LogP contribution >= 0.6 is 0 Å². The Hall–Kier alpha value is -2.09. The number of hydrogen-bond donors (Lipinski definition) is 2. The highest BCUT2D eigenvalue weighted by Gasteiger charge is 2.06. The zero-order valence-corrected chi connectivity index (χ0v) is 10.1. The van der Waals surface area contributed by atoms with Crippen LogP contribution in [0.3, 0.4) is 0 Å². The molecule has 0 saturated carbocycles. The average molecular weight is 232 g/mol. The van der Waals surface area contributed by atoms with E-state index in [1.54, 1.807) is 12.3 Å². The summed E-state index contributed by atoms with van der Waals surface area (Å²) in [6, 6.07) is 3.89. The summed E-state index contributed by atoms with van der Waals surface area (Å²) in [6.07, 6.45) is 2.01. The van der Waals surface area contributed by atoms with E-state index in [-0.39, 0.29) is 5.91 Å². The van der Waals surface area contributed by atoms with Crippen LogP contribution in [0.1, 0.15) is 24.5 Å². The molecule has 0 aliphatic rings. The Kier molecular flexibility index (Phi) is 4.95. The summed E-state index contributed by atoms with van der Waals surface area (Å²) < 4.78 is 0. The monoisotopic (exact) mass is 232 g/mol. The third-order valence-electron chi connectivity index (χ3n) is 2.29. The van der Waals surface area contributed by atoms with Crippen molar-refractivity contribution in [2.24, 2.45) is 0 Å². The minimum atomic E-state index is -0.00818. The first-order valence-corrected chi connectivity index (χ1v) is 5.55. The molecule has 0 unspecified atom stereocenters. The molecule has 1 rings (SSSR count). The van der Waals surface area contributed by atoms with E-state index in [0.29, 0.717) is 30.9 Å². The Bertz CT molecular complexity index is 437. The molecular weight excluding hydrogens is 216 g/mol. The summed E-state index contributed by atoms with van der Waals surface area (Å²) in [5.41, 5.74) is 1.41. The van der Waals surface area contributed by atoms with Crippen molar-refractivity contribution in [3.05, 3.63) is 23.4 Å². The van der Waals surface area contributed by atoms with Gasteiger partial charge >= 0.3 is 0 Å². The summed E-state index contributed by atoms with van der Waals surface area (Å²) in [6.45, 7) is 4.83. The molecule has 0 atom stereocenters. The van der Waals surface area contributed by atoms with Crippen LogP contribution in [0.2, 0.25) is 0 Å². The molecule has 2 N–H and O–H groups in total. The maximum Gasteiger partial charge on any atom is 0.221 e. The fourth-order valence-electron chi connectivity index (χ4n) is 1.41. The number of aryl methyl sites for hydroxylation is 1. The lowest BCUT2D eigenvalue weighted by Crippen LogP contribution is -2.25. The zero-order valence-electron chi connectivity index (χ0n) is 10.1. The first-order valence-electron chi connectivity index (χ1n) is 5.55. The molecule has 0 radical (unpaired) electrons. The molecule has 0 fully saturated rings. The molecular formula is C12H16N4O. The van der Waals surface area contributed by atoms with Gasteiger partial charge < -0.3 is 10.6 Å². The Morgan fingerprint density at radius 3 is 3.00 bits per heavy atom. The van der Waals surface area contributed by atoms with E-state index in [2.05, 4.69) is 21.7 Å². The maximum atomic E-state index is 11.2. The summed E-state index contributed by atoms with van der Waals surface area (Å²) in [4.78, 5) is 15.3. The minimum Gasteiger partial charge on any atom is -0.368 e. The van der Waals surface area contributed by atoms with Crippen molar-refractivity contribution in [1.82, 2.24) is 10.3 Å². The Labute approximate surface area is 101 Å². The number of anilines is 1. The smallest absolute Gasteiger partial charge is 0.221 e. The molecule has 0 aromatic carbocycles. The SMILES string of the molecule is CCNC(=O)CCNc1nccc(C)c1C#N. The van der Waals surface area contributed by atoms with Crippen LogP contribution in [-0.2, 0) is 4.79 Å². The topological polar surface area (TPSA) is 77.8 Å². The average Bonchev–Trinajstić information content (AvgIpc) is 2.29. The van der Waals surface area contributed by atoms with Crippen molar-refractivity contribution in [2.75, 3.05) is 18.4 Å². The zero-order chi connectivity index (χ0) is 12.7. The van der Waals surface area contributed by atoms with Crippen molar-refractivity contribution in [2.45, 2.75) is 20.3 Å². The second-order valence-electron chi connectivity index (χ2n) is 3.59. The first-order chi connectivity index (χ1) is 8.19. The van der Waals surface area contributed by atoms with Crippen LogP contribution in [0.5, 0.6) is 0 Å². The number of rotatable bonds is 5. The van der Waals surface area contributed by atoms with Gasteiger partial charge in [0, 0.05) is 25.7 Å². The van der Waals surface area contributed by atoms with E-state index in [1.807, 2.05) is 13.8 Å². The number of pyridine rings is 1. The third-order valence-corrected chi connectivity index (χ3v) is 2.29. The Morgan fingerprint density at radius 1 is 1.59 bits per heavy atom. The molecule has 1 aromatic heterocycles. The van der Waals surface area contributed by atoms with Crippen molar-refractivity contribution < 1.29 is 4.79 Å². The van der Waals surface area contributed by atoms with Gasteiger partial charge in [-0.05, 0) is 25.5 Å². The van der Waals surface area contributed by atoms with E-state index in [9.17, 15) is 4.79 Å². The third kappa shape index (κ3) is 3.76. The molecule has 1 heterocycles. The molecule has 17 heavy (non-hydrogen) atoms. The first kappa shape index (κ1) is 13.0. The van der Waals surface area contributed by atoms with Crippen molar-refractivity contribution in [3.63, 3.8) is 0 Å². The lowest BCUT2D eigenvalue weighted by molar-refractivity contribution is -0.120. The lowest BCUT2D eigenvalue weighted by Gasteiger charge is -2.08. The van der Waals surface area contributed by atoms with Gasteiger partial charge in [-0.1, -0.05) is 0 Å². The molecule has 1 amide bonds. The Morgan fingerprint density at radius 2 is 2.35 bits per heavy atom. The number of nitriles is 1. The largest absolute Gasteiger partial charge is 0.368 e. The van der Waals surface area contributed by atoms with Crippen molar-refractivity contribution >= 4 is 11.7 Å². The fraction of sp³-hybridized carbons (Fsp3) is 0.417. The van der Waals surface area contributed by atoms with Gasteiger partial charge in [0.25, 0.3) is 0 Å². The van der Waals surface area contributed by atoms with Gasteiger partial charge in [0.15, 0.2) is 0 Å². The molecule has 90 valence electrons. The number of nitrogens with zero attached hydrogens (tertiary/aromatic N) is 2. The van der Waals surface area contributed by atoms with Crippen LogP contribution < -0.4 is 10.6 Å². The number of amides is 1. The standard InChI is InChI=1S/C12H16N4O/c1-3-14-11(17)5-7-16-12-10(8-13)9(2)4-6-15-12/h4,6H,3,5,7H2,1-2H3,(H,14,17)(H,15,16). The van der Waals surface area contributed by atoms with Gasteiger partial charge in [0.1, 0.15) is 11.9 Å². The van der Waals surface area contributed by atoms with E-state index in [4.69, 9.17) is 5.26 Å². The van der Waals surface area contributed by atoms with Crippen LogP contribution in [-0.4, -0.2) is 24.0 Å². The van der Waals surface area contributed by atoms with Crippen LogP contribution in [0.15, 0.2) is 12.3 Å². The lowest BCUT2D eigenvalue weighted by atomic mass is 10.1. The number of aromatic nitrogens is 1. The molecule has 0 aliphatic heterocycles. The summed E-state index contributed by atoms with van der Waals surface area (Å²) in [5.74, 6) is 0.531. The highest BCUT2D eigenvalue weighted by atomic mass is 16.1. The van der Waals surface area contributed by atoms with Crippen LogP contribution in [0.25, 0.3) is 0 Å². The van der Waals surface area contributed by atoms with E-state index in [0.717, 1.165) is 5.56 Å². The molecule has 0 bridgehead atoms. The van der Waals surface area contributed by atoms with E-state index in [1.165, 1.54) is 0 Å². The van der Waals surface area contributed by atoms with Gasteiger partial charge in [0.05, 0.1) is 5.56 Å². The van der Waals surface area contributed by atoms with Gasteiger partial charge in [-0.25, -0.2) is 4.98 Å². The fourth-order valence-corrected chi connectivity index (χ4v) is 1.41. The van der Waals surface area contributed by atoms with E-state index < -0.39 is 0 Å². The Balaban J connectivity index is 2.56. The number of carbonyl (C=O) groups excluding carboxylic acids is 1. The second kappa shape index (κ2) is 6.48. The highest BCUT2D eigenvalue weighted by Crippen LogP contribution is 2.14. The molecule has 5 nitrogen and oxygen atoms in total. The number of hydrogen-bond acceptors (Lipinski definition) is 4. The normalized spacial score (nSPS) is 9.47. The highest BCUT2D eigenvalue weighted by molar-refractivity contribution is 5.76. The van der Waals surface area contributed by atoms with Gasteiger partial charge in [0.2, 0.25) is 5.91 Å². The maximum absolute atomic E-state index is 11.2. The molecule has 0 aliphatic carbocycles. The summed E-state index contributed by atoms with van der Waals surface area (Å²) in [7, 11) is 0. The second-order valence-corrected chi connectivity index (χ2v) is 3.59. The number of nitrogens with one attached hydrogen (secondary N) is 2. The van der Waals surface area contributed by atoms with Crippen LogP contribution in [0, 0.1) is 18.3 Å². The summed E-state index contributed by atoms with van der Waals surface area (Å²) in [5, 5.41) is 14.7. The van der Waals surface area contributed by atoms with Crippen molar-refractivity contribution in [3.8, 4) is 6.07 Å². The number of carbonyl (C=O) groups is 1. The van der Waals surface area contributed by atoms with Gasteiger partial charge in [-0.15, -0.1) is 0 Å².